The second kappa shape index (κ2) is 9.89. The summed E-state index contributed by atoms with van der Waals surface area (Å²) in [7, 11) is 0. The van der Waals surface area contributed by atoms with Gasteiger partial charge in [-0.2, -0.15) is 4.39 Å². The van der Waals surface area contributed by atoms with E-state index in [4.69, 9.17) is 4.74 Å². The number of hydrogen-bond acceptors (Lipinski definition) is 1. The van der Waals surface area contributed by atoms with Crippen LogP contribution in [0.15, 0.2) is 18.2 Å². The number of rotatable bonds is 7. The first-order valence-electron chi connectivity index (χ1n) is 11.2. The van der Waals surface area contributed by atoms with Crippen LogP contribution in [0.5, 0.6) is 5.75 Å². The van der Waals surface area contributed by atoms with Crippen LogP contribution in [0.25, 0.3) is 0 Å². The molecule has 27 heavy (non-hydrogen) atoms. The van der Waals surface area contributed by atoms with Crippen LogP contribution in [0, 0.1) is 35.3 Å². The zero-order valence-corrected chi connectivity index (χ0v) is 17.1. The van der Waals surface area contributed by atoms with Gasteiger partial charge >= 0.3 is 0 Å². The average Bonchev–Trinajstić information content (AvgIpc) is 2.70. The third-order valence-corrected chi connectivity index (χ3v) is 7.19. The lowest BCUT2D eigenvalue weighted by Gasteiger charge is -2.39. The number of ether oxygens (including phenoxy) is 1. The lowest BCUT2D eigenvalue weighted by Crippen LogP contribution is -2.33. The molecule has 3 rings (SSSR count). The molecule has 1 unspecified atom stereocenters. The molecular weight excluding hydrogens is 342 g/mol. The van der Waals surface area contributed by atoms with Gasteiger partial charge in [0.15, 0.2) is 11.6 Å². The third-order valence-electron chi connectivity index (χ3n) is 7.19. The van der Waals surface area contributed by atoms with Gasteiger partial charge in [-0.15, -0.1) is 0 Å². The summed E-state index contributed by atoms with van der Waals surface area (Å²) >= 11 is 0. The van der Waals surface area contributed by atoms with Crippen molar-refractivity contribution < 1.29 is 13.5 Å². The van der Waals surface area contributed by atoms with Crippen molar-refractivity contribution >= 4 is 0 Å². The Labute approximate surface area is 163 Å². The van der Waals surface area contributed by atoms with Crippen molar-refractivity contribution in [3.63, 3.8) is 0 Å². The fourth-order valence-electron chi connectivity index (χ4n) is 5.60. The minimum absolute atomic E-state index is 0.0115. The van der Waals surface area contributed by atoms with Crippen LogP contribution in [0.2, 0.25) is 0 Å². The van der Waals surface area contributed by atoms with E-state index in [1.807, 2.05) is 0 Å². The van der Waals surface area contributed by atoms with Crippen molar-refractivity contribution in [2.24, 2.45) is 23.7 Å². The first kappa shape index (κ1) is 20.6. The molecule has 3 heteroatoms. The molecule has 2 aliphatic carbocycles. The van der Waals surface area contributed by atoms with Gasteiger partial charge < -0.3 is 4.74 Å². The maximum Gasteiger partial charge on any atom is 0.200 e. The Bertz CT molecular complexity index is 572. The van der Waals surface area contributed by atoms with E-state index in [1.165, 1.54) is 57.4 Å². The highest BCUT2D eigenvalue weighted by Crippen LogP contribution is 2.43. The third kappa shape index (κ3) is 5.23. The van der Waals surface area contributed by atoms with Gasteiger partial charge in [0.2, 0.25) is 5.82 Å². The average molecular weight is 379 g/mol. The summed E-state index contributed by atoms with van der Waals surface area (Å²) in [4.78, 5) is 0. The van der Waals surface area contributed by atoms with Crippen molar-refractivity contribution in [1.82, 2.24) is 0 Å². The molecule has 1 atom stereocenters. The van der Waals surface area contributed by atoms with Crippen molar-refractivity contribution in [3.8, 4) is 5.75 Å². The first-order valence-corrected chi connectivity index (χ1v) is 11.2. The lowest BCUT2D eigenvalue weighted by atomic mass is 9.68. The van der Waals surface area contributed by atoms with Gasteiger partial charge in [-0.25, -0.2) is 4.39 Å². The zero-order chi connectivity index (χ0) is 19.2. The highest BCUT2D eigenvalue weighted by molar-refractivity contribution is 5.25. The van der Waals surface area contributed by atoms with Gasteiger partial charge in [-0.1, -0.05) is 45.6 Å². The number of halogens is 2. The van der Waals surface area contributed by atoms with Crippen molar-refractivity contribution in [1.29, 1.82) is 0 Å². The Kier molecular flexibility index (Phi) is 7.55. The summed E-state index contributed by atoms with van der Waals surface area (Å²) < 4.78 is 33.3. The van der Waals surface area contributed by atoms with Crippen molar-refractivity contribution in [2.75, 3.05) is 0 Å². The van der Waals surface area contributed by atoms with Crippen LogP contribution in [0.3, 0.4) is 0 Å². The predicted octanol–water partition coefficient (Wildman–Crippen LogP) is 7.54. The van der Waals surface area contributed by atoms with Crippen LogP contribution in [-0.4, -0.2) is 6.10 Å². The van der Waals surface area contributed by atoms with Gasteiger partial charge in [0.25, 0.3) is 0 Å². The summed E-state index contributed by atoms with van der Waals surface area (Å²) in [6, 6.07) is 4.21. The van der Waals surface area contributed by atoms with E-state index in [2.05, 4.69) is 13.8 Å². The van der Waals surface area contributed by atoms with E-state index in [0.717, 1.165) is 43.1 Å². The number of benzene rings is 1. The zero-order valence-electron chi connectivity index (χ0n) is 17.1. The van der Waals surface area contributed by atoms with Crippen LogP contribution >= 0.6 is 0 Å². The summed E-state index contributed by atoms with van der Waals surface area (Å²) in [6.45, 7) is 4.39. The van der Waals surface area contributed by atoms with E-state index < -0.39 is 11.6 Å². The largest absolute Gasteiger partial charge is 0.487 e. The van der Waals surface area contributed by atoms with Crippen LogP contribution in [0.4, 0.5) is 8.78 Å². The molecular formula is C24H36F2O. The van der Waals surface area contributed by atoms with Gasteiger partial charge in [0, 0.05) is 0 Å². The molecule has 0 N–H and O–H groups in total. The Morgan fingerprint density at radius 1 is 0.926 bits per heavy atom. The molecule has 0 aromatic heterocycles. The smallest absolute Gasteiger partial charge is 0.200 e. The maximum atomic E-state index is 14.0. The molecule has 2 saturated carbocycles. The predicted molar refractivity (Wildman–Crippen MR) is 107 cm³/mol. The highest BCUT2D eigenvalue weighted by atomic mass is 19.2. The Morgan fingerprint density at radius 2 is 1.56 bits per heavy atom. The molecule has 0 saturated heterocycles. The molecule has 1 nitrogen and oxygen atoms in total. The summed E-state index contributed by atoms with van der Waals surface area (Å²) in [5, 5.41) is 0. The molecule has 1 aromatic rings. The standard InChI is InChI=1S/C24H36F2O/c1-3-6-17-9-11-18(12-10-17)19-13-15-20(16-14-19)22(4-2)27-23-8-5-7-21(25)24(23)26/h5,7-8,17-20,22H,3-4,6,9-16H2,1-2H3/t17-,18-,19?,20?,22?. The first-order chi connectivity index (χ1) is 13.1. The van der Waals surface area contributed by atoms with E-state index in [-0.39, 0.29) is 11.9 Å². The van der Waals surface area contributed by atoms with E-state index in [0.29, 0.717) is 5.92 Å². The van der Waals surface area contributed by atoms with Gasteiger partial charge in [0.1, 0.15) is 6.10 Å². The fourth-order valence-corrected chi connectivity index (χ4v) is 5.60. The molecule has 0 spiro atoms. The fraction of sp³-hybridized carbons (Fsp3) is 0.750. The Balaban J connectivity index is 1.49. The summed E-state index contributed by atoms with van der Waals surface area (Å²) in [5.41, 5.74) is 0. The molecule has 0 heterocycles. The van der Waals surface area contributed by atoms with E-state index in [1.54, 1.807) is 6.07 Å². The minimum Gasteiger partial charge on any atom is -0.487 e. The van der Waals surface area contributed by atoms with Crippen molar-refractivity contribution in [2.45, 2.75) is 90.6 Å². The molecule has 2 aliphatic rings. The topological polar surface area (TPSA) is 9.23 Å². The van der Waals surface area contributed by atoms with Gasteiger partial charge in [-0.05, 0) is 80.8 Å². The van der Waals surface area contributed by atoms with E-state index in [9.17, 15) is 8.78 Å². The SMILES string of the molecule is CCC[C@H]1CC[C@H](C2CCC(C(CC)Oc3cccc(F)c3F)CC2)CC1. The molecule has 152 valence electrons. The molecule has 2 fully saturated rings. The summed E-state index contributed by atoms with van der Waals surface area (Å²) in [5.74, 6) is 1.61. The van der Waals surface area contributed by atoms with Gasteiger partial charge in [-0.3, -0.25) is 0 Å². The second-order valence-corrected chi connectivity index (χ2v) is 8.86. The maximum absolute atomic E-state index is 14.0. The normalized spacial score (nSPS) is 30.1. The second-order valence-electron chi connectivity index (χ2n) is 8.86. The molecule has 0 radical (unpaired) electrons. The Morgan fingerprint density at radius 3 is 2.15 bits per heavy atom. The quantitative estimate of drug-likeness (QED) is 0.476. The van der Waals surface area contributed by atoms with Crippen LogP contribution < -0.4 is 4.74 Å². The highest BCUT2D eigenvalue weighted by Gasteiger charge is 2.33. The molecule has 1 aromatic carbocycles. The van der Waals surface area contributed by atoms with Crippen LogP contribution in [-0.2, 0) is 0 Å². The monoisotopic (exact) mass is 378 g/mol. The van der Waals surface area contributed by atoms with Gasteiger partial charge in [0.05, 0.1) is 0 Å². The summed E-state index contributed by atoms with van der Waals surface area (Å²) in [6.07, 6.45) is 14.1. The van der Waals surface area contributed by atoms with Crippen LogP contribution in [0.1, 0.15) is 84.5 Å². The Hall–Kier alpha value is -1.12. The minimum atomic E-state index is -0.853. The molecule has 0 amide bonds. The molecule has 0 bridgehead atoms. The lowest BCUT2D eigenvalue weighted by molar-refractivity contribution is 0.0673. The van der Waals surface area contributed by atoms with E-state index >= 15 is 0 Å². The van der Waals surface area contributed by atoms with Crippen molar-refractivity contribution in [3.05, 3.63) is 29.8 Å². The number of hydrogen-bond donors (Lipinski definition) is 0. The molecule has 0 aliphatic heterocycles.